The normalized spacial score (nSPS) is 19.4. The van der Waals surface area contributed by atoms with Crippen molar-refractivity contribution in [1.29, 1.82) is 0 Å². The quantitative estimate of drug-likeness (QED) is 0.641. The van der Waals surface area contributed by atoms with Crippen LogP contribution in [-0.2, 0) is 0 Å². The zero-order valence-electron chi connectivity index (χ0n) is 14.3. The van der Waals surface area contributed by atoms with Gasteiger partial charge >= 0.3 is 0 Å². The maximum absolute atomic E-state index is 5.84. The van der Waals surface area contributed by atoms with E-state index >= 15 is 0 Å². The summed E-state index contributed by atoms with van der Waals surface area (Å²) >= 11 is 0. The molecule has 0 saturated carbocycles. The van der Waals surface area contributed by atoms with E-state index in [1.807, 2.05) is 12.1 Å². The largest absolute Gasteiger partial charge is 0.489 e. The highest BCUT2D eigenvalue weighted by Crippen LogP contribution is 2.33. The summed E-state index contributed by atoms with van der Waals surface area (Å²) in [5.41, 5.74) is 7.81. The Morgan fingerprint density at radius 1 is 1.00 bits per heavy atom. The van der Waals surface area contributed by atoms with E-state index in [1.54, 1.807) is 0 Å². The van der Waals surface area contributed by atoms with Crippen molar-refractivity contribution in [2.24, 2.45) is 0 Å². The maximum atomic E-state index is 5.84. The molecule has 2 heterocycles. The van der Waals surface area contributed by atoms with Crippen LogP contribution < -0.4 is 15.4 Å². The molecule has 0 unspecified atom stereocenters. The summed E-state index contributed by atoms with van der Waals surface area (Å²) < 4.78 is 5.72. The Kier molecular flexibility index (Phi) is 5.62. The third-order valence-corrected chi connectivity index (χ3v) is 4.94. The Balaban J connectivity index is 1.37. The lowest BCUT2D eigenvalue weighted by Gasteiger charge is -2.33. The minimum Gasteiger partial charge on any atom is -0.489 e. The van der Waals surface area contributed by atoms with Crippen LogP contribution in [0.25, 0.3) is 0 Å². The van der Waals surface area contributed by atoms with Crippen molar-refractivity contribution in [3.05, 3.63) is 18.2 Å². The molecule has 0 atom stereocenters. The molecule has 1 fully saturated rings. The number of nitrogen functional groups attached to an aromatic ring is 1. The van der Waals surface area contributed by atoms with Crippen molar-refractivity contribution in [1.82, 2.24) is 9.80 Å². The molecule has 23 heavy (non-hydrogen) atoms. The highest BCUT2D eigenvalue weighted by atomic mass is 16.5. The van der Waals surface area contributed by atoms with Gasteiger partial charge in [0.05, 0.1) is 12.2 Å². The Hall–Kier alpha value is -1.46. The second-order valence-electron chi connectivity index (χ2n) is 6.77. The average Bonchev–Trinajstić information content (AvgIpc) is 2.56. The van der Waals surface area contributed by atoms with Gasteiger partial charge in [0.1, 0.15) is 12.4 Å². The molecule has 1 aromatic carbocycles. The summed E-state index contributed by atoms with van der Waals surface area (Å²) in [5, 5.41) is 0. The lowest BCUT2D eigenvalue weighted by Crippen LogP contribution is -2.44. The van der Waals surface area contributed by atoms with Crippen LogP contribution in [0.5, 0.6) is 5.75 Å². The Bertz CT molecular complexity index is 500. The number of piperazine rings is 1. The number of unbranched alkanes of at least 4 members (excludes halogenated alkanes) is 2. The van der Waals surface area contributed by atoms with Crippen LogP contribution in [0, 0.1) is 0 Å². The first-order chi connectivity index (χ1) is 11.2. The van der Waals surface area contributed by atoms with Crippen LogP contribution in [0.4, 0.5) is 11.4 Å². The molecule has 5 heteroatoms. The van der Waals surface area contributed by atoms with Gasteiger partial charge in [-0.25, -0.2) is 0 Å². The third kappa shape index (κ3) is 4.52. The van der Waals surface area contributed by atoms with Crippen LogP contribution in [0.2, 0.25) is 0 Å². The molecule has 0 radical (unpaired) electrons. The van der Waals surface area contributed by atoms with Gasteiger partial charge in [0.2, 0.25) is 0 Å². The standard InChI is InChI=1S/C18H30N4O/c1-20-9-11-21(12-10-20)7-3-2-4-8-22-13-14-23-18-15-16(19)5-6-17(18)22/h5-6,15H,2-4,7-14,19H2,1H3. The number of nitrogens with two attached hydrogens (primary N) is 1. The molecule has 0 aliphatic carbocycles. The summed E-state index contributed by atoms with van der Waals surface area (Å²) in [5.74, 6) is 0.939. The fourth-order valence-corrected chi connectivity index (χ4v) is 3.41. The minimum atomic E-state index is 0.762. The van der Waals surface area contributed by atoms with E-state index in [9.17, 15) is 0 Å². The zero-order valence-corrected chi connectivity index (χ0v) is 14.3. The van der Waals surface area contributed by atoms with E-state index < -0.39 is 0 Å². The van der Waals surface area contributed by atoms with Crippen molar-refractivity contribution in [2.75, 3.05) is 70.1 Å². The fourth-order valence-electron chi connectivity index (χ4n) is 3.41. The molecule has 128 valence electrons. The topological polar surface area (TPSA) is 45.0 Å². The third-order valence-electron chi connectivity index (χ3n) is 4.94. The van der Waals surface area contributed by atoms with E-state index in [1.165, 1.54) is 57.7 Å². The molecule has 2 N–H and O–H groups in total. The molecule has 0 spiro atoms. The SMILES string of the molecule is CN1CCN(CCCCCN2CCOc3cc(N)ccc32)CC1. The van der Waals surface area contributed by atoms with E-state index in [0.717, 1.165) is 31.1 Å². The molecule has 0 amide bonds. The fraction of sp³-hybridized carbons (Fsp3) is 0.667. The number of anilines is 2. The van der Waals surface area contributed by atoms with Crippen LogP contribution in [0.3, 0.4) is 0 Å². The zero-order chi connectivity index (χ0) is 16.1. The van der Waals surface area contributed by atoms with Gasteiger partial charge in [0.15, 0.2) is 0 Å². The Labute approximate surface area is 140 Å². The second-order valence-corrected chi connectivity index (χ2v) is 6.77. The number of rotatable bonds is 6. The van der Waals surface area contributed by atoms with Crippen LogP contribution >= 0.6 is 0 Å². The lowest BCUT2D eigenvalue weighted by molar-refractivity contribution is 0.152. The van der Waals surface area contributed by atoms with E-state index in [2.05, 4.69) is 27.8 Å². The average molecular weight is 318 g/mol. The van der Waals surface area contributed by atoms with E-state index in [4.69, 9.17) is 10.5 Å². The summed E-state index contributed by atoms with van der Waals surface area (Å²) in [7, 11) is 2.21. The molecule has 0 bridgehead atoms. The molecule has 2 aliphatic rings. The molecule has 1 saturated heterocycles. The lowest BCUT2D eigenvalue weighted by atomic mass is 10.1. The summed E-state index contributed by atoms with van der Waals surface area (Å²) in [6, 6.07) is 6.00. The molecule has 1 aromatic rings. The summed E-state index contributed by atoms with van der Waals surface area (Å²) in [4.78, 5) is 7.46. The van der Waals surface area contributed by atoms with E-state index in [0.29, 0.717) is 0 Å². The smallest absolute Gasteiger partial charge is 0.144 e. The van der Waals surface area contributed by atoms with Gasteiger partial charge in [-0.15, -0.1) is 0 Å². The van der Waals surface area contributed by atoms with Crippen molar-refractivity contribution >= 4 is 11.4 Å². The van der Waals surface area contributed by atoms with Crippen molar-refractivity contribution in [3.8, 4) is 5.75 Å². The number of benzene rings is 1. The van der Waals surface area contributed by atoms with Crippen LogP contribution in [-0.4, -0.2) is 69.3 Å². The predicted molar refractivity (Wildman–Crippen MR) is 96.4 cm³/mol. The summed E-state index contributed by atoms with van der Waals surface area (Å²) in [6.45, 7) is 9.01. The first kappa shape index (κ1) is 16.4. The van der Waals surface area contributed by atoms with Crippen molar-refractivity contribution in [3.63, 3.8) is 0 Å². The molecule has 2 aliphatic heterocycles. The predicted octanol–water partition coefficient (Wildman–Crippen LogP) is 1.89. The summed E-state index contributed by atoms with van der Waals surface area (Å²) in [6.07, 6.45) is 3.86. The number of hydrogen-bond acceptors (Lipinski definition) is 5. The van der Waals surface area contributed by atoms with Gasteiger partial charge in [0.25, 0.3) is 0 Å². The van der Waals surface area contributed by atoms with Gasteiger partial charge in [-0.3, -0.25) is 0 Å². The monoisotopic (exact) mass is 318 g/mol. The molecule has 3 rings (SSSR count). The Morgan fingerprint density at radius 2 is 1.78 bits per heavy atom. The second kappa shape index (κ2) is 7.88. The first-order valence-corrected chi connectivity index (χ1v) is 8.90. The van der Waals surface area contributed by atoms with Crippen LogP contribution in [0.15, 0.2) is 18.2 Å². The highest BCUT2D eigenvalue weighted by molar-refractivity contribution is 5.64. The van der Waals surface area contributed by atoms with E-state index in [-0.39, 0.29) is 0 Å². The van der Waals surface area contributed by atoms with Gasteiger partial charge in [-0.2, -0.15) is 0 Å². The van der Waals surface area contributed by atoms with Crippen LogP contribution in [0.1, 0.15) is 19.3 Å². The number of hydrogen-bond donors (Lipinski definition) is 1. The molecule has 5 nitrogen and oxygen atoms in total. The first-order valence-electron chi connectivity index (χ1n) is 8.90. The number of likely N-dealkylation sites (N-methyl/N-ethyl adjacent to an activating group) is 1. The van der Waals surface area contributed by atoms with Crippen molar-refractivity contribution < 1.29 is 4.74 Å². The minimum absolute atomic E-state index is 0.762. The Morgan fingerprint density at radius 3 is 2.61 bits per heavy atom. The maximum Gasteiger partial charge on any atom is 0.144 e. The number of fused-ring (bicyclic) bond motifs is 1. The molecule has 0 aromatic heterocycles. The van der Waals surface area contributed by atoms with Crippen molar-refractivity contribution in [2.45, 2.75) is 19.3 Å². The van der Waals surface area contributed by atoms with Gasteiger partial charge in [-0.1, -0.05) is 6.42 Å². The van der Waals surface area contributed by atoms with Gasteiger partial charge < -0.3 is 25.2 Å². The molecular weight excluding hydrogens is 288 g/mol. The number of nitrogens with zero attached hydrogens (tertiary/aromatic N) is 3. The number of ether oxygens (including phenoxy) is 1. The van der Waals surface area contributed by atoms with Gasteiger partial charge in [0, 0.05) is 44.5 Å². The molecular formula is C18H30N4O. The van der Waals surface area contributed by atoms with Gasteiger partial charge in [-0.05, 0) is 38.6 Å². The highest BCUT2D eigenvalue weighted by Gasteiger charge is 2.18.